The average Bonchev–Trinajstić information content (AvgIpc) is 3.32. The zero-order chi connectivity index (χ0) is 32.4. The topological polar surface area (TPSA) is 163 Å². The normalized spacial score (nSPS) is 18.5. The first-order valence-corrected chi connectivity index (χ1v) is 14.6. The highest BCUT2D eigenvalue weighted by molar-refractivity contribution is 6.38. The van der Waals surface area contributed by atoms with Crippen molar-refractivity contribution in [3.8, 4) is 0 Å². The van der Waals surface area contributed by atoms with Crippen LogP contribution in [0, 0.1) is 17.3 Å². The Morgan fingerprint density at radius 2 is 1.62 bits per heavy atom. The van der Waals surface area contributed by atoms with Crippen molar-refractivity contribution < 1.29 is 33.5 Å². The molecular formula is C30H51N5O7. The van der Waals surface area contributed by atoms with Crippen LogP contribution in [0.1, 0.15) is 81.6 Å². The van der Waals surface area contributed by atoms with Crippen LogP contribution in [0.3, 0.4) is 0 Å². The van der Waals surface area contributed by atoms with E-state index in [0.717, 1.165) is 0 Å². The molecule has 5 amide bonds. The molecule has 1 aliphatic heterocycles. The van der Waals surface area contributed by atoms with Gasteiger partial charge in [-0.2, -0.15) is 0 Å². The van der Waals surface area contributed by atoms with Gasteiger partial charge in [-0.3, -0.25) is 24.0 Å². The van der Waals surface area contributed by atoms with Gasteiger partial charge in [0.2, 0.25) is 17.6 Å². The van der Waals surface area contributed by atoms with Crippen molar-refractivity contribution >= 4 is 35.5 Å². The smallest absolute Gasteiger partial charge is 0.325 e. The van der Waals surface area contributed by atoms with Crippen molar-refractivity contribution in [1.29, 1.82) is 0 Å². The number of carbonyl (C=O) groups is 6. The van der Waals surface area contributed by atoms with E-state index in [9.17, 15) is 28.8 Å². The molecule has 238 valence electrons. The van der Waals surface area contributed by atoms with Gasteiger partial charge in [0.05, 0.1) is 6.04 Å². The van der Waals surface area contributed by atoms with E-state index >= 15 is 0 Å². The Morgan fingerprint density at radius 1 is 1.00 bits per heavy atom. The molecule has 1 rings (SSSR count). The predicted molar refractivity (Wildman–Crippen MR) is 159 cm³/mol. The molecule has 1 fully saturated rings. The first-order chi connectivity index (χ1) is 19.3. The summed E-state index contributed by atoms with van der Waals surface area (Å²) in [6.07, 6.45) is 2.61. The van der Waals surface area contributed by atoms with Crippen LogP contribution in [-0.2, 0) is 28.7 Å². The van der Waals surface area contributed by atoms with Crippen molar-refractivity contribution in [3.63, 3.8) is 0 Å². The summed E-state index contributed by atoms with van der Waals surface area (Å²) in [7, 11) is 0. The van der Waals surface area contributed by atoms with Crippen LogP contribution in [0.25, 0.3) is 0 Å². The number of rotatable bonds is 13. The minimum Gasteiger partial charge on any atom is -0.459 e. The van der Waals surface area contributed by atoms with Crippen LogP contribution >= 0.6 is 0 Å². The lowest BCUT2D eigenvalue weighted by Crippen LogP contribution is -2.60. The number of Topliss-reactive ketones (excluding diaryl/α,β-unsaturated/α-hetero) is 1. The minimum absolute atomic E-state index is 0.00234. The van der Waals surface area contributed by atoms with E-state index in [1.807, 2.05) is 20.8 Å². The molecule has 0 radical (unpaired) electrons. The maximum absolute atomic E-state index is 14.0. The van der Waals surface area contributed by atoms with E-state index < -0.39 is 64.6 Å². The molecule has 0 spiro atoms. The number of likely N-dealkylation sites (tertiary alicyclic amines) is 1. The van der Waals surface area contributed by atoms with Crippen molar-refractivity contribution in [2.75, 3.05) is 19.6 Å². The van der Waals surface area contributed by atoms with Gasteiger partial charge in [0.1, 0.15) is 24.2 Å². The Bertz CT molecular complexity index is 1010. The second kappa shape index (κ2) is 15.7. The van der Waals surface area contributed by atoms with Gasteiger partial charge >= 0.3 is 12.0 Å². The molecule has 1 heterocycles. The summed E-state index contributed by atoms with van der Waals surface area (Å²) in [6.45, 7) is 19.9. The highest BCUT2D eigenvalue weighted by Gasteiger charge is 2.46. The number of ether oxygens (including phenoxy) is 1. The number of ketones is 1. The molecule has 0 aromatic rings. The van der Waals surface area contributed by atoms with Crippen LogP contribution in [0.2, 0.25) is 0 Å². The molecule has 4 N–H and O–H groups in total. The first-order valence-electron chi connectivity index (χ1n) is 14.6. The molecule has 0 aromatic carbocycles. The van der Waals surface area contributed by atoms with Crippen molar-refractivity contribution in [1.82, 2.24) is 26.2 Å². The lowest BCUT2D eigenvalue weighted by molar-refractivity contribution is -0.153. The number of nitrogens with one attached hydrogen (secondary N) is 4. The van der Waals surface area contributed by atoms with E-state index in [1.54, 1.807) is 41.5 Å². The summed E-state index contributed by atoms with van der Waals surface area (Å²) < 4.78 is 5.21. The Kier molecular flexibility index (Phi) is 13.7. The quantitative estimate of drug-likeness (QED) is 0.144. The van der Waals surface area contributed by atoms with E-state index in [2.05, 4.69) is 27.8 Å². The number of hydrogen-bond acceptors (Lipinski definition) is 7. The van der Waals surface area contributed by atoms with E-state index in [0.29, 0.717) is 12.8 Å². The molecule has 1 aliphatic rings. The van der Waals surface area contributed by atoms with Crippen molar-refractivity contribution in [3.05, 3.63) is 12.7 Å². The Labute approximate surface area is 250 Å². The van der Waals surface area contributed by atoms with Crippen molar-refractivity contribution in [2.24, 2.45) is 17.3 Å². The Hall–Kier alpha value is -3.44. The molecule has 4 atom stereocenters. The summed E-state index contributed by atoms with van der Waals surface area (Å²) in [6, 6.07) is -3.70. The summed E-state index contributed by atoms with van der Waals surface area (Å²) in [4.78, 5) is 78.9. The minimum atomic E-state index is -1.04. The number of carbonyl (C=O) groups excluding carboxylic acids is 6. The SMILES string of the molecule is C=CCNC(=O)C(=O)C(CCC)NC(=O)[C@@H]1CC(C(C)C)CN1C(=O)C(NC(=O)NCC(=O)OC(C)(C)C)C(C)(C)C. The molecule has 0 saturated carbocycles. The molecule has 1 saturated heterocycles. The maximum Gasteiger partial charge on any atom is 0.325 e. The summed E-state index contributed by atoms with van der Waals surface area (Å²) in [5.74, 6) is -3.03. The fourth-order valence-corrected chi connectivity index (χ4v) is 4.61. The van der Waals surface area contributed by atoms with Gasteiger partial charge < -0.3 is 30.9 Å². The number of nitrogens with zero attached hydrogens (tertiary/aromatic N) is 1. The van der Waals surface area contributed by atoms with Gasteiger partial charge in [-0.1, -0.05) is 54.0 Å². The predicted octanol–water partition coefficient (Wildman–Crippen LogP) is 2.07. The Balaban J connectivity index is 3.16. The third kappa shape index (κ3) is 11.4. The number of amides is 5. The molecule has 0 aliphatic carbocycles. The lowest BCUT2D eigenvalue weighted by Gasteiger charge is -2.35. The van der Waals surface area contributed by atoms with E-state index in [1.165, 1.54) is 11.0 Å². The van der Waals surface area contributed by atoms with Gasteiger partial charge in [-0.05, 0) is 50.9 Å². The molecular weight excluding hydrogens is 542 g/mol. The number of hydrogen-bond donors (Lipinski definition) is 4. The molecule has 12 nitrogen and oxygen atoms in total. The third-order valence-corrected chi connectivity index (χ3v) is 6.90. The highest BCUT2D eigenvalue weighted by Crippen LogP contribution is 2.32. The second-order valence-corrected chi connectivity index (χ2v) is 13.2. The molecule has 3 unspecified atom stereocenters. The van der Waals surface area contributed by atoms with Gasteiger partial charge in [0, 0.05) is 13.1 Å². The lowest BCUT2D eigenvalue weighted by atomic mass is 9.85. The molecule has 0 aromatic heterocycles. The largest absolute Gasteiger partial charge is 0.459 e. The average molecular weight is 594 g/mol. The fourth-order valence-electron chi connectivity index (χ4n) is 4.61. The van der Waals surface area contributed by atoms with Crippen LogP contribution in [0.15, 0.2) is 12.7 Å². The van der Waals surface area contributed by atoms with Crippen LogP contribution in [-0.4, -0.2) is 83.8 Å². The summed E-state index contributed by atoms with van der Waals surface area (Å²) in [5, 5.41) is 10.3. The van der Waals surface area contributed by atoms with Gasteiger partial charge in [-0.25, -0.2) is 4.79 Å². The van der Waals surface area contributed by atoms with Crippen LogP contribution in [0.4, 0.5) is 4.79 Å². The number of urea groups is 1. The van der Waals surface area contributed by atoms with Gasteiger partial charge in [0.25, 0.3) is 5.91 Å². The van der Waals surface area contributed by atoms with Gasteiger partial charge in [-0.15, -0.1) is 6.58 Å². The second-order valence-electron chi connectivity index (χ2n) is 13.2. The third-order valence-electron chi connectivity index (χ3n) is 6.90. The van der Waals surface area contributed by atoms with Crippen molar-refractivity contribution in [2.45, 2.75) is 105 Å². The molecule has 42 heavy (non-hydrogen) atoms. The van der Waals surface area contributed by atoms with Crippen LogP contribution in [0.5, 0.6) is 0 Å². The number of esters is 1. The molecule has 12 heteroatoms. The van der Waals surface area contributed by atoms with Gasteiger partial charge in [0.15, 0.2) is 0 Å². The summed E-state index contributed by atoms with van der Waals surface area (Å²) >= 11 is 0. The monoisotopic (exact) mass is 593 g/mol. The van der Waals surface area contributed by atoms with E-state index in [4.69, 9.17) is 4.74 Å². The standard InChI is InChI=1S/C30H51N5O7/c1-11-13-20(23(37)26(39)31-14-12-2)33-25(38)21-15-19(18(3)4)17-35(21)27(40)24(29(5,6)7)34-28(41)32-16-22(36)42-30(8,9)10/h12,18-21,24H,2,11,13-17H2,1,3-10H3,(H,31,39)(H,33,38)(H2,32,34,41)/t19?,20?,21-,24?/m0/s1. The fraction of sp³-hybridized carbons (Fsp3) is 0.733. The van der Waals surface area contributed by atoms with E-state index in [-0.39, 0.29) is 37.9 Å². The maximum atomic E-state index is 14.0. The zero-order valence-electron chi connectivity index (χ0n) is 26.7. The first kappa shape index (κ1) is 36.6. The highest BCUT2D eigenvalue weighted by atomic mass is 16.6. The van der Waals surface area contributed by atoms with Crippen LogP contribution < -0.4 is 21.3 Å². The molecule has 0 bridgehead atoms. The Morgan fingerprint density at radius 3 is 2.12 bits per heavy atom. The zero-order valence-corrected chi connectivity index (χ0v) is 26.7. The summed E-state index contributed by atoms with van der Waals surface area (Å²) in [5.41, 5.74) is -1.46.